The highest BCUT2D eigenvalue weighted by Crippen LogP contribution is 2.24. The molecule has 0 aromatic heterocycles. The van der Waals surface area contributed by atoms with Crippen LogP contribution in [0.5, 0.6) is 0 Å². The molecule has 2 aliphatic rings. The third kappa shape index (κ3) is 3.61. The highest BCUT2D eigenvalue weighted by molar-refractivity contribution is 7.86. The number of ether oxygens (including phenoxy) is 1. The minimum absolute atomic E-state index is 0.202. The van der Waals surface area contributed by atoms with E-state index in [-0.39, 0.29) is 6.10 Å². The van der Waals surface area contributed by atoms with Crippen molar-refractivity contribution in [2.24, 2.45) is 5.92 Å². The highest BCUT2D eigenvalue weighted by Gasteiger charge is 2.34. The molecule has 112 valence electrons. The van der Waals surface area contributed by atoms with Crippen molar-refractivity contribution in [2.45, 2.75) is 31.8 Å². The number of nitrogens with zero attached hydrogens (tertiary/aromatic N) is 2. The molecule has 0 saturated carbocycles. The summed E-state index contributed by atoms with van der Waals surface area (Å²) < 4.78 is 33.5. The van der Waals surface area contributed by atoms with Crippen molar-refractivity contribution in [3.63, 3.8) is 0 Å². The molecule has 0 bridgehead atoms. The maximum Gasteiger partial charge on any atom is 0.281 e. The summed E-state index contributed by atoms with van der Waals surface area (Å²) in [5.74, 6) is 1.10. The zero-order chi connectivity index (χ0) is 13.9. The second-order valence-corrected chi connectivity index (χ2v) is 7.58. The number of alkyl halides is 1. The van der Waals surface area contributed by atoms with Gasteiger partial charge < -0.3 is 4.74 Å². The van der Waals surface area contributed by atoms with Crippen LogP contribution in [0, 0.1) is 5.92 Å². The van der Waals surface area contributed by atoms with E-state index in [1.165, 1.54) is 0 Å². The third-order valence-electron chi connectivity index (χ3n) is 4.18. The first kappa shape index (κ1) is 15.5. The second-order valence-electron chi connectivity index (χ2n) is 5.34. The summed E-state index contributed by atoms with van der Waals surface area (Å²) in [6.07, 6.45) is 3.52. The van der Waals surface area contributed by atoms with Gasteiger partial charge in [0.25, 0.3) is 10.2 Å². The Balaban J connectivity index is 1.92. The van der Waals surface area contributed by atoms with Crippen LogP contribution in [0.3, 0.4) is 0 Å². The number of methoxy groups -OCH3 is 1. The van der Waals surface area contributed by atoms with Crippen molar-refractivity contribution >= 4 is 21.8 Å². The fraction of sp³-hybridized carbons (Fsp3) is 1.00. The van der Waals surface area contributed by atoms with Gasteiger partial charge in [0.05, 0.1) is 6.10 Å². The molecule has 2 rings (SSSR count). The van der Waals surface area contributed by atoms with Crippen molar-refractivity contribution < 1.29 is 13.2 Å². The van der Waals surface area contributed by atoms with Gasteiger partial charge >= 0.3 is 0 Å². The van der Waals surface area contributed by atoms with Gasteiger partial charge in [-0.3, -0.25) is 0 Å². The Hall–Kier alpha value is 0.120. The van der Waals surface area contributed by atoms with Crippen LogP contribution in [-0.4, -0.2) is 62.3 Å². The Kier molecular flexibility index (Phi) is 5.48. The lowest BCUT2D eigenvalue weighted by Gasteiger charge is -2.37. The van der Waals surface area contributed by atoms with Crippen molar-refractivity contribution in [2.75, 3.05) is 39.2 Å². The maximum absolute atomic E-state index is 12.5. The Morgan fingerprint density at radius 1 is 1.05 bits per heavy atom. The predicted molar refractivity (Wildman–Crippen MR) is 75.5 cm³/mol. The van der Waals surface area contributed by atoms with Gasteiger partial charge in [-0.25, -0.2) is 0 Å². The molecule has 0 atom stereocenters. The quantitative estimate of drug-likeness (QED) is 0.735. The van der Waals surface area contributed by atoms with Crippen LogP contribution in [0.15, 0.2) is 0 Å². The fourth-order valence-electron chi connectivity index (χ4n) is 2.76. The van der Waals surface area contributed by atoms with Gasteiger partial charge in [-0.2, -0.15) is 17.0 Å². The Morgan fingerprint density at radius 3 is 1.95 bits per heavy atom. The molecule has 0 aromatic rings. The van der Waals surface area contributed by atoms with Crippen molar-refractivity contribution in [3.8, 4) is 0 Å². The molecule has 2 saturated heterocycles. The minimum Gasteiger partial charge on any atom is -0.381 e. The van der Waals surface area contributed by atoms with Crippen molar-refractivity contribution in [1.82, 2.24) is 8.61 Å². The Labute approximate surface area is 121 Å². The van der Waals surface area contributed by atoms with Crippen LogP contribution in [0.4, 0.5) is 0 Å². The number of halogens is 1. The zero-order valence-corrected chi connectivity index (χ0v) is 13.0. The van der Waals surface area contributed by atoms with Gasteiger partial charge in [0.1, 0.15) is 0 Å². The van der Waals surface area contributed by atoms with Gasteiger partial charge in [-0.1, -0.05) is 0 Å². The average Bonchev–Trinajstić information content (AvgIpc) is 2.47. The molecule has 0 radical (unpaired) electrons. The third-order valence-corrected chi connectivity index (χ3v) is 6.65. The van der Waals surface area contributed by atoms with Crippen LogP contribution < -0.4 is 0 Å². The maximum atomic E-state index is 12.5. The van der Waals surface area contributed by atoms with E-state index < -0.39 is 10.2 Å². The first-order chi connectivity index (χ1) is 9.07. The second kappa shape index (κ2) is 6.72. The lowest BCUT2D eigenvalue weighted by molar-refractivity contribution is 0.0588. The molecule has 2 fully saturated rings. The predicted octanol–water partition coefficient (Wildman–Crippen LogP) is 1.29. The first-order valence-corrected chi connectivity index (χ1v) is 8.85. The van der Waals surface area contributed by atoms with E-state index in [1.54, 1.807) is 15.7 Å². The van der Waals surface area contributed by atoms with E-state index in [0.29, 0.717) is 38.0 Å². The van der Waals surface area contributed by atoms with E-state index in [2.05, 4.69) is 0 Å². The Bertz CT molecular complexity index is 344. The summed E-state index contributed by atoms with van der Waals surface area (Å²) in [5, 5.41) is 0. The Morgan fingerprint density at radius 2 is 1.53 bits per heavy atom. The summed E-state index contributed by atoms with van der Waals surface area (Å²) in [5.41, 5.74) is 0. The summed E-state index contributed by atoms with van der Waals surface area (Å²) >= 11 is 5.83. The van der Waals surface area contributed by atoms with Gasteiger partial charge in [-0.05, 0) is 31.6 Å². The molecule has 7 heteroatoms. The van der Waals surface area contributed by atoms with Gasteiger partial charge in [0.2, 0.25) is 0 Å². The molecule has 0 amide bonds. The largest absolute Gasteiger partial charge is 0.381 e. The van der Waals surface area contributed by atoms with Crippen LogP contribution in [0.25, 0.3) is 0 Å². The van der Waals surface area contributed by atoms with Crippen LogP contribution in [-0.2, 0) is 14.9 Å². The van der Waals surface area contributed by atoms with Crippen molar-refractivity contribution in [1.29, 1.82) is 0 Å². The summed E-state index contributed by atoms with van der Waals surface area (Å²) in [4.78, 5) is 0. The average molecular weight is 311 g/mol. The summed E-state index contributed by atoms with van der Waals surface area (Å²) in [7, 11) is -1.59. The molecular formula is C12H23ClN2O3S. The molecule has 0 unspecified atom stereocenters. The van der Waals surface area contributed by atoms with Crippen LogP contribution >= 0.6 is 11.6 Å². The smallest absolute Gasteiger partial charge is 0.281 e. The standard InChI is InChI=1S/C12H23ClN2O3S/c1-18-12-4-8-15(9-5-12)19(16,17)14-6-2-11(10-13)3-7-14/h11-12H,2-10H2,1H3. The molecule has 19 heavy (non-hydrogen) atoms. The number of piperidine rings is 2. The van der Waals surface area contributed by atoms with Crippen LogP contribution in [0.2, 0.25) is 0 Å². The molecule has 0 spiro atoms. The lowest BCUT2D eigenvalue weighted by atomic mass is 10.0. The zero-order valence-electron chi connectivity index (χ0n) is 11.4. The van der Waals surface area contributed by atoms with Gasteiger partial charge in [-0.15, -0.1) is 11.6 Å². The van der Waals surface area contributed by atoms with E-state index in [1.807, 2.05) is 0 Å². The summed E-state index contributed by atoms with van der Waals surface area (Å²) in [6, 6.07) is 0. The van der Waals surface area contributed by atoms with E-state index in [0.717, 1.165) is 25.7 Å². The first-order valence-electron chi connectivity index (χ1n) is 6.92. The lowest BCUT2D eigenvalue weighted by Crippen LogP contribution is -2.50. The minimum atomic E-state index is -3.28. The molecule has 2 heterocycles. The molecule has 0 aromatic carbocycles. The normalized spacial score (nSPS) is 25.8. The van der Waals surface area contributed by atoms with Gasteiger partial charge in [0, 0.05) is 39.2 Å². The van der Waals surface area contributed by atoms with E-state index in [4.69, 9.17) is 16.3 Å². The SMILES string of the molecule is COC1CCN(S(=O)(=O)N2CCC(CCl)CC2)CC1. The molecular weight excluding hydrogens is 288 g/mol. The molecule has 0 aliphatic carbocycles. The van der Waals surface area contributed by atoms with Crippen LogP contribution in [0.1, 0.15) is 25.7 Å². The topological polar surface area (TPSA) is 49.9 Å². The summed E-state index contributed by atoms with van der Waals surface area (Å²) in [6.45, 7) is 2.33. The number of hydrogen-bond donors (Lipinski definition) is 0. The fourth-order valence-corrected chi connectivity index (χ4v) is 4.74. The highest BCUT2D eigenvalue weighted by atomic mass is 35.5. The van der Waals surface area contributed by atoms with E-state index >= 15 is 0 Å². The molecule has 5 nitrogen and oxygen atoms in total. The van der Waals surface area contributed by atoms with E-state index in [9.17, 15) is 8.42 Å². The number of hydrogen-bond acceptors (Lipinski definition) is 3. The molecule has 0 N–H and O–H groups in total. The van der Waals surface area contributed by atoms with Gasteiger partial charge in [0.15, 0.2) is 0 Å². The number of rotatable bonds is 4. The molecule has 2 aliphatic heterocycles. The van der Waals surface area contributed by atoms with Crippen molar-refractivity contribution in [3.05, 3.63) is 0 Å². The monoisotopic (exact) mass is 310 g/mol.